The van der Waals surface area contributed by atoms with E-state index >= 15 is 0 Å². The van der Waals surface area contributed by atoms with Crippen molar-refractivity contribution in [3.8, 4) is 0 Å². The van der Waals surface area contributed by atoms with E-state index in [1.165, 1.54) is 38.6 Å². The van der Waals surface area contributed by atoms with Crippen LogP contribution in [0.3, 0.4) is 0 Å². The van der Waals surface area contributed by atoms with Gasteiger partial charge in [-0.2, -0.15) is 0 Å². The number of nitrogens with one attached hydrogen (secondary N) is 1. The predicted octanol–water partition coefficient (Wildman–Crippen LogP) is 2.81. The highest BCUT2D eigenvalue weighted by molar-refractivity contribution is 4.54. The number of hydrogen-bond acceptors (Lipinski definition) is 1. The minimum atomic E-state index is 0.911. The summed E-state index contributed by atoms with van der Waals surface area (Å²) in [5, 5.41) is 3.19. The summed E-state index contributed by atoms with van der Waals surface area (Å²) in [5.41, 5.74) is 0. The minimum absolute atomic E-state index is 0.911. The minimum Gasteiger partial charge on any atom is -0.320 e. The molecule has 0 unspecified atom stereocenters. The first-order chi connectivity index (χ1) is 5.31. The third-order valence-electron chi connectivity index (χ3n) is 2.19. The van der Waals surface area contributed by atoms with Gasteiger partial charge in [0, 0.05) is 0 Å². The van der Waals surface area contributed by atoms with Gasteiger partial charge >= 0.3 is 0 Å². The first kappa shape index (κ1) is 11.0. The van der Waals surface area contributed by atoms with E-state index in [0.29, 0.717) is 0 Å². The van der Waals surface area contributed by atoms with Crippen molar-refractivity contribution in [1.82, 2.24) is 5.32 Å². The van der Waals surface area contributed by atoms with Gasteiger partial charge in [0.05, 0.1) is 0 Å². The van der Waals surface area contributed by atoms with Crippen LogP contribution in [-0.4, -0.2) is 13.6 Å². The molecule has 0 aromatic heterocycles. The van der Waals surface area contributed by atoms with Crippen LogP contribution >= 0.6 is 0 Å². The topological polar surface area (TPSA) is 12.0 Å². The molecule has 0 aromatic rings. The van der Waals surface area contributed by atoms with E-state index in [1.807, 2.05) is 7.05 Å². The number of unbranched alkanes of at least 4 members (excludes halogenated alkanes) is 2. The highest BCUT2D eigenvalue weighted by Crippen LogP contribution is 2.11. The summed E-state index contributed by atoms with van der Waals surface area (Å²) in [6.07, 6.45) is 6.92. The zero-order chi connectivity index (χ0) is 8.53. The number of rotatable bonds is 7. The van der Waals surface area contributed by atoms with Crippen LogP contribution < -0.4 is 5.32 Å². The molecule has 1 nitrogen and oxygen atoms in total. The van der Waals surface area contributed by atoms with Crippen LogP contribution in [0.15, 0.2) is 0 Å². The Morgan fingerprint density at radius 3 is 2.45 bits per heavy atom. The highest BCUT2D eigenvalue weighted by Gasteiger charge is 1.99. The summed E-state index contributed by atoms with van der Waals surface area (Å²) >= 11 is 0. The molecule has 0 fully saturated rings. The third kappa shape index (κ3) is 7.86. The van der Waals surface area contributed by atoms with Crippen molar-refractivity contribution in [2.24, 2.45) is 5.92 Å². The quantitative estimate of drug-likeness (QED) is 0.560. The van der Waals surface area contributed by atoms with Crippen LogP contribution in [0.1, 0.15) is 46.0 Å². The van der Waals surface area contributed by atoms with Gasteiger partial charge in [0.15, 0.2) is 0 Å². The second-order valence-corrected chi connectivity index (χ2v) is 3.49. The lowest BCUT2D eigenvalue weighted by Gasteiger charge is -2.09. The molecule has 0 aliphatic carbocycles. The van der Waals surface area contributed by atoms with Crippen LogP contribution in [0, 0.1) is 5.92 Å². The van der Waals surface area contributed by atoms with Crippen molar-refractivity contribution in [3.63, 3.8) is 0 Å². The molecule has 0 rings (SSSR count). The summed E-state index contributed by atoms with van der Waals surface area (Å²) in [6.45, 7) is 5.79. The maximum Gasteiger partial charge on any atom is -0.00494 e. The van der Waals surface area contributed by atoms with Gasteiger partial charge < -0.3 is 5.32 Å². The molecule has 1 heteroatoms. The van der Waals surface area contributed by atoms with E-state index in [-0.39, 0.29) is 0 Å². The molecular weight excluding hydrogens is 134 g/mol. The van der Waals surface area contributed by atoms with Gasteiger partial charge in [-0.25, -0.2) is 0 Å². The zero-order valence-corrected chi connectivity index (χ0v) is 8.32. The van der Waals surface area contributed by atoms with Crippen molar-refractivity contribution in [2.75, 3.05) is 13.6 Å². The van der Waals surface area contributed by atoms with Gasteiger partial charge in [0.2, 0.25) is 0 Å². The lowest BCUT2D eigenvalue weighted by Crippen LogP contribution is -2.11. The third-order valence-corrected chi connectivity index (χ3v) is 2.19. The lowest BCUT2D eigenvalue weighted by molar-refractivity contribution is 0.456. The van der Waals surface area contributed by atoms with Crippen molar-refractivity contribution in [3.05, 3.63) is 0 Å². The molecule has 0 amide bonds. The van der Waals surface area contributed by atoms with Crippen LogP contribution in [0.2, 0.25) is 0 Å². The summed E-state index contributed by atoms with van der Waals surface area (Å²) in [6, 6.07) is 0. The Morgan fingerprint density at radius 2 is 1.91 bits per heavy atom. The standard InChI is InChI=1S/C10H23N/c1-4-5-6-7-10(2)8-9-11-3/h10-11H,4-9H2,1-3H3/t10-/m1/s1. The van der Waals surface area contributed by atoms with Crippen molar-refractivity contribution >= 4 is 0 Å². The van der Waals surface area contributed by atoms with Gasteiger partial charge in [-0.05, 0) is 25.9 Å². The largest absolute Gasteiger partial charge is 0.320 e. The van der Waals surface area contributed by atoms with Gasteiger partial charge in [-0.3, -0.25) is 0 Å². The maximum absolute atomic E-state index is 3.19. The van der Waals surface area contributed by atoms with Gasteiger partial charge in [-0.15, -0.1) is 0 Å². The van der Waals surface area contributed by atoms with E-state index in [2.05, 4.69) is 19.2 Å². The maximum atomic E-state index is 3.19. The van der Waals surface area contributed by atoms with Gasteiger partial charge in [-0.1, -0.05) is 39.5 Å². The van der Waals surface area contributed by atoms with Gasteiger partial charge in [0.1, 0.15) is 0 Å². The zero-order valence-electron chi connectivity index (χ0n) is 8.32. The van der Waals surface area contributed by atoms with E-state index < -0.39 is 0 Å². The Hall–Kier alpha value is -0.0400. The second kappa shape index (κ2) is 8.06. The predicted molar refractivity (Wildman–Crippen MR) is 51.8 cm³/mol. The van der Waals surface area contributed by atoms with E-state index in [9.17, 15) is 0 Å². The normalized spacial score (nSPS) is 13.4. The van der Waals surface area contributed by atoms with E-state index in [1.54, 1.807) is 0 Å². The summed E-state index contributed by atoms with van der Waals surface area (Å²) in [4.78, 5) is 0. The van der Waals surface area contributed by atoms with Crippen LogP contribution in [0.4, 0.5) is 0 Å². The first-order valence-corrected chi connectivity index (χ1v) is 4.95. The molecule has 0 saturated heterocycles. The molecule has 0 radical (unpaired) electrons. The fourth-order valence-electron chi connectivity index (χ4n) is 1.28. The second-order valence-electron chi connectivity index (χ2n) is 3.49. The molecule has 1 N–H and O–H groups in total. The molecule has 0 aromatic carbocycles. The molecule has 0 heterocycles. The smallest absolute Gasteiger partial charge is 0.00494 e. The average Bonchev–Trinajstić information content (AvgIpc) is 2.01. The Morgan fingerprint density at radius 1 is 1.18 bits per heavy atom. The van der Waals surface area contributed by atoms with E-state index in [0.717, 1.165) is 5.92 Å². The van der Waals surface area contributed by atoms with Crippen LogP contribution in [-0.2, 0) is 0 Å². The lowest BCUT2D eigenvalue weighted by atomic mass is 10.0. The fraction of sp³-hybridized carbons (Fsp3) is 1.00. The summed E-state index contributed by atoms with van der Waals surface area (Å²) < 4.78 is 0. The van der Waals surface area contributed by atoms with Crippen LogP contribution in [0.5, 0.6) is 0 Å². The van der Waals surface area contributed by atoms with Crippen molar-refractivity contribution in [2.45, 2.75) is 46.0 Å². The first-order valence-electron chi connectivity index (χ1n) is 4.95. The molecule has 0 bridgehead atoms. The molecule has 68 valence electrons. The fourth-order valence-corrected chi connectivity index (χ4v) is 1.28. The van der Waals surface area contributed by atoms with Gasteiger partial charge in [0.25, 0.3) is 0 Å². The molecule has 0 aliphatic heterocycles. The Labute approximate surface area is 71.6 Å². The van der Waals surface area contributed by atoms with Crippen molar-refractivity contribution in [1.29, 1.82) is 0 Å². The molecule has 0 aliphatic rings. The average molecular weight is 157 g/mol. The summed E-state index contributed by atoms with van der Waals surface area (Å²) in [7, 11) is 2.03. The SMILES string of the molecule is CCCCC[C@@H](C)CCNC. The monoisotopic (exact) mass is 157 g/mol. The summed E-state index contributed by atoms with van der Waals surface area (Å²) in [5.74, 6) is 0.911. The molecular formula is C10H23N. The molecule has 0 saturated carbocycles. The Bertz CT molecular complexity index is 71.3. The Kier molecular flexibility index (Phi) is 8.03. The molecule has 1 atom stereocenters. The molecule has 11 heavy (non-hydrogen) atoms. The molecule has 0 spiro atoms. The van der Waals surface area contributed by atoms with Crippen molar-refractivity contribution < 1.29 is 0 Å². The highest BCUT2D eigenvalue weighted by atomic mass is 14.8. The number of hydrogen-bond donors (Lipinski definition) is 1. The van der Waals surface area contributed by atoms with Crippen LogP contribution in [0.25, 0.3) is 0 Å². The Balaban J connectivity index is 3.02. The van der Waals surface area contributed by atoms with E-state index in [4.69, 9.17) is 0 Å².